The van der Waals surface area contributed by atoms with Gasteiger partial charge < -0.3 is 10.2 Å². The summed E-state index contributed by atoms with van der Waals surface area (Å²) < 4.78 is 29.4. The fourth-order valence-corrected chi connectivity index (χ4v) is 7.39. The second kappa shape index (κ2) is 14.4. The van der Waals surface area contributed by atoms with Gasteiger partial charge in [-0.25, -0.2) is 8.42 Å². The van der Waals surface area contributed by atoms with Crippen molar-refractivity contribution in [1.29, 1.82) is 0 Å². The zero-order chi connectivity index (χ0) is 31.1. The first-order valence-corrected chi connectivity index (χ1v) is 16.8. The molecule has 0 aromatic heterocycles. The molecule has 3 aromatic rings. The zero-order valence-electron chi connectivity index (χ0n) is 25.5. The molecule has 9 heteroatoms. The molecular weight excluding hydrogens is 582 g/mol. The number of halogens is 1. The van der Waals surface area contributed by atoms with Crippen LogP contribution in [0.25, 0.3) is 0 Å². The molecule has 7 nitrogen and oxygen atoms in total. The van der Waals surface area contributed by atoms with Crippen LogP contribution in [-0.4, -0.2) is 43.8 Å². The molecule has 1 saturated carbocycles. The monoisotopic (exact) mass is 623 g/mol. The van der Waals surface area contributed by atoms with Crippen LogP contribution in [0.2, 0.25) is 5.02 Å². The summed E-state index contributed by atoms with van der Waals surface area (Å²) in [6, 6.07) is 18.5. The molecule has 0 radical (unpaired) electrons. The van der Waals surface area contributed by atoms with Gasteiger partial charge in [-0.15, -0.1) is 0 Å². The number of nitrogens with one attached hydrogen (secondary N) is 1. The van der Waals surface area contributed by atoms with Gasteiger partial charge in [-0.3, -0.25) is 13.9 Å². The number of benzene rings is 3. The molecule has 1 unspecified atom stereocenters. The summed E-state index contributed by atoms with van der Waals surface area (Å²) >= 11 is 6.22. The molecule has 0 heterocycles. The highest BCUT2D eigenvalue weighted by Crippen LogP contribution is 2.30. The van der Waals surface area contributed by atoms with Gasteiger partial charge in [-0.05, 0) is 87.1 Å². The third-order valence-electron chi connectivity index (χ3n) is 8.25. The maximum Gasteiger partial charge on any atom is 0.264 e. The molecule has 1 fully saturated rings. The van der Waals surface area contributed by atoms with E-state index >= 15 is 0 Å². The lowest BCUT2D eigenvalue weighted by Gasteiger charge is -2.35. The molecular formula is C34H42ClN3O4S. The molecule has 1 N–H and O–H groups in total. The molecule has 230 valence electrons. The van der Waals surface area contributed by atoms with E-state index in [2.05, 4.69) is 5.32 Å². The minimum absolute atomic E-state index is 0.0767. The molecule has 0 spiro atoms. The summed E-state index contributed by atoms with van der Waals surface area (Å²) in [5.74, 6) is -0.661. The number of carbonyl (C=O) groups is 2. The largest absolute Gasteiger partial charge is 0.352 e. The first-order valence-electron chi connectivity index (χ1n) is 15.0. The summed E-state index contributed by atoms with van der Waals surface area (Å²) in [6.45, 7) is 7.20. The smallest absolute Gasteiger partial charge is 0.264 e. The van der Waals surface area contributed by atoms with Gasteiger partial charge in [0.25, 0.3) is 10.0 Å². The maximum absolute atomic E-state index is 14.4. The highest BCUT2D eigenvalue weighted by molar-refractivity contribution is 7.92. The van der Waals surface area contributed by atoms with Gasteiger partial charge >= 0.3 is 0 Å². The summed E-state index contributed by atoms with van der Waals surface area (Å²) in [6.07, 6.45) is 5.54. The quantitative estimate of drug-likeness (QED) is 0.257. The van der Waals surface area contributed by atoms with E-state index in [4.69, 9.17) is 11.6 Å². The van der Waals surface area contributed by atoms with Crippen molar-refractivity contribution >= 4 is 39.1 Å². The Morgan fingerprint density at radius 1 is 0.930 bits per heavy atom. The molecule has 0 saturated heterocycles. The minimum Gasteiger partial charge on any atom is -0.352 e. The topological polar surface area (TPSA) is 86.8 Å². The van der Waals surface area contributed by atoms with Gasteiger partial charge in [0.1, 0.15) is 12.6 Å². The molecule has 1 atom stereocenters. The lowest BCUT2D eigenvalue weighted by molar-refractivity contribution is -0.140. The molecule has 2 amide bonds. The van der Waals surface area contributed by atoms with Crippen molar-refractivity contribution in [3.8, 4) is 0 Å². The number of rotatable bonds is 11. The third-order valence-corrected chi connectivity index (χ3v) is 10.3. The SMILES string of the molecule is CCC(C(=O)NC1CCCCC1)N(Cc1ccccc1C)C(=O)CN(c1ccc(Cl)cc1C)S(=O)(=O)c1ccc(C)cc1. The van der Waals surface area contributed by atoms with Crippen molar-refractivity contribution in [3.63, 3.8) is 0 Å². The standard InChI is InChI=1S/C34H42ClN3O4S/c1-5-31(34(40)36-29-13-7-6-8-14-29)37(22-27-12-10-9-11-25(27)3)33(39)23-38(32-20-17-28(35)21-26(32)4)43(41,42)30-18-15-24(2)16-19-30/h9-12,15-21,29,31H,5-8,13-14,22-23H2,1-4H3,(H,36,40). The van der Waals surface area contributed by atoms with Gasteiger partial charge in [-0.2, -0.15) is 0 Å². The number of amides is 2. The average molecular weight is 624 g/mol. The summed E-state index contributed by atoms with van der Waals surface area (Å²) in [4.78, 5) is 29.7. The first kappa shape index (κ1) is 32.6. The number of aryl methyl sites for hydroxylation is 3. The Labute approximate surface area is 261 Å². The Bertz CT molecular complexity index is 1540. The Balaban J connectivity index is 1.74. The van der Waals surface area contributed by atoms with E-state index in [-0.39, 0.29) is 23.4 Å². The molecule has 3 aromatic carbocycles. The number of hydrogen-bond acceptors (Lipinski definition) is 4. The fourth-order valence-electron chi connectivity index (χ4n) is 5.68. The van der Waals surface area contributed by atoms with Crippen LogP contribution >= 0.6 is 11.6 Å². The Morgan fingerprint density at radius 2 is 1.60 bits per heavy atom. The van der Waals surface area contributed by atoms with Crippen LogP contribution in [0.5, 0.6) is 0 Å². The first-order chi connectivity index (χ1) is 20.5. The van der Waals surface area contributed by atoms with E-state index in [0.717, 1.165) is 53.1 Å². The van der Waals surface area contributed by atoms with Crippen molar-refractivity contribution in [1.82, 2.24) is 10.2 Å². The number of anilines is 1. The Kier molecular flexibility index (Phi) is 10.9. The van der Waals surface area contributed by atoms with Crippen LogP contribution in [0.4, 0.5) is 5.69 Å². The Hall–Kier alpha value is -3.36. The van der Waals surface area contributed by atoms with Crippen molar-refractivity contribution in [2.45, 2.75) is 89.7 Å². The molecule has 0 aliphatic heterocycles. The normalized spacial score (nSPS) is 14.6. The second-order valence-electron chi connectivity index (χ2n) is 11.5. The van der Waals surface area contributed by atoms with Crippen molar-refractivity contribution in [3.05, 3.63) is 94.0 Å². The lowest BCUT2D eigenvalue weighted by Crippen LogP contribution is -2.54. The zero-order valence-corrected chi connectivity index (χ0v) is 27.0. The van der Waals surface area contributed by atoms with Crippen LogP contribution in [0.15, 0.2) is 71.6 Å². The molecule has 1 aliphatic carbocycles. The highest BCUT2D eigenvalue weighted by Gasteiger charge is 2.35. The van der Waals surface area contributed by atoms with Crippen molar-refractivity contribution < 1.29 is 18.0 Å². The number of sulfonamides is 1. The van der Waals surface area contributed by atoms with E-state index in [1.165, 1.54) is 0 Å². The van der Waals surface area contributed by atoms with E-state index in [0.29, 0.717) is 22.7 Å². The van der Waals surface area contributed by atoms with Gasteiger partial charge in [0.15, 0.2) is 0 Å². The summed E-state index contributed by atoms with van der Waals surface area (Å²) in [7, 11) is -4.15. The fraction of sp³-hybridized carbons (Fsp3) is 0.412. The van der Waals surface area contributed by atoms with Crippen molar-refractivity contribution in [2.75, 3.05) is 10.8 Å². The number of carbonyl (C=O) groups excluding carboxylic acids is 2. The number of nitrogens with zero attached hydrogens (tertiary/aromatic N) is 2. The third kappa shape index (κ3) is 7.98. The van der Waals surface area contributed by atoms with Crippen LogP contribution in [0.1, 0.15) is 67.7 Å². The predicted octanol–water partition coefficient (Wildman–Crippen LogP) is 6.72. The highest BCUT2D eigenvalue weighted by atomic mass is 35.5. The summed E-state index contributed by atoms with van der Waals surface area (Å²) in [5.41, 5.74) is 3.77. The van der Waals surface area contributed by atoms with E-state index in [9.17, 15) is 18.0 Å². The predicted molar refractivity (Wildman–Crippen MR) is 173 cm³/mol. The summed E-state index contributed by atoms with van der Waals surface area (Å²) in [5, 5.41) is 3.65. The molecule has 0 bridgehead atoms. The Morgan fingerprint density at radius 3 is 2.23 bits per heavy atom. The number of hydrogen-bond donors (Lipinski definition) is 1. The second-order valence-corrected chi connectivity index (χ2v) is 13.8. The van der Waals surface area contributed by atoms with E-state index in [1.54, 1.807) is 54.3 Å². The molecule has 43 heavy (non-hydrogen) atoms. The molecule has 4 rings (SSSR count). The van der Waals surface area contributed by atoms with E-state index < -0.39 is 28.5 Å². The van der Waals surface area contributed by atoms with Crippen molar-refractivity contribution in [2.24, 2.45) is 0 Å². The van der Waals surface area contributed by atoms with Gasteiger partial charge in [-0.1, -0.05) is 79.7 Å². The van der Waals surface area contributed by atoms with E-state index in [1.807, 2.05) is 45.0 Å². The van der Waals surface area contributed by atoms with Crippen LogP contribution < -0.4 is 9.62 Å². The van der Waals surface area contributed by atoms with Gasteiger partial charge in [0.2, 0.25) is 11.8 Å². The van der Waals surface area contributed by atoms with Gasteiger partial charge in [0, 0.05) is 17.6 Å². The van der Waals surface area contributed by atoms with Crippen LogP contribution in [0.3, 0.4) is 0 Å². The average Bonchev–Trinajstić information content (AvgIpc) is 2.97. The minimum atomic E-state index is -4.15. The maximum atomic E-state index is 14.4. The lowest BCUT2D eigenvalue weighted by atomic mass is 9.95. The van der Waals surface area contributed by atoms with Gasteiger partial charge in [0.05, 0.1) is 10.6 Å². The van der Waals surface area contributed by atoms with Crippen LogP contribution in [0, 0.1) is 20.8 Å². The molecule has 1 aliphatic rings. The van der Waals surface area contributed by atoms with Crippen LogP contribution in [-0.2, 0) is 26.2 Å².